The van der Waals surface area contributed by atoms with Crippen LogP contribution in [0, 0.1) is 5.92 Å². The summed E-state index contributed by atoms with van der Waals surface area (Å²) in [4.78, 5) is 27.2. The number of para-hydroxylation sites is 1. The molecule has 1 aliphatic heterocycles. The molecule has 1 heterocycles. The number of fused-ring (bicyclic) bond motifs is 2. The second-order valence-electron chi connectivity index (χ2n) is 6.26. The van der Waals surface area contributed by atoms with Gasteiger partial charge in [-0.2, -0.15) is 0 Å². The van der Waals surface area contributed by atoms with Gasteiger partial charge in [0.05, 0.1) is 11.6 Å². The first kappa shape index (κ1) is 14.2. The number of ketones is 1. The average molecular weight is 307 g/mol. The maximum absolute atomic E-state index is 12.9. The Bertz CT molecular complexity index is 829. The SMILES string of the molecule is CN1C(=O)[C@@](O)([C@@H]2CCc3ccccc3C2=O)c2ccccc21. The number of hydrogen-bond acceptors (Lipinski definition) is 3. The summed E-state index contributed by atoms with van der Waals surface area (Å²) in [6.07, 6.45) is 1.16. The molecule has 0 radical (unpaired) electrons. The Balaban J connectivity index is 1.85. The van der Waals surface area contributed by atoms with Crippen LogP contribution in [0.5, 0.6) is 0 Å². The molecule has 4 nitrogen and oxygen atoms in total. The number of likely N-dealkylation sites (N-methyl/N-ethyl adjacent to an activating group) is 1. The van der Waals surface area contributed by atoms with Gasteiger partial charge in [-0.1, -0.05) is 42.5 Å². The Hall–Kier alpha value is -2.46. The average Bonchev–Trinajstić information content (AvgIpc) is 2.78. The van der Waals surface area contributed by atoms with E-state index in [1.54, 1.807) is 31.3 Å². The lowest BCUT2D eigenvalue weighted by molar-refractivity contribution is -0.140. The van der Waals surface area contributed by atoms with Gasteiger partial charge >= 0.3 is 0 Å². The van der Waals surface area contributed by atoms with Gasteiger partial charge in [0, 0.05) is 18.2 Å². The molecule has 2 aromatic rings. The van der Waals surface area contributed by atoms with E-state index < -0.39 is 17.4 Å². The van der Waals surface area contributed by atoms with Gasteiger partial charge in [-0.25, -0.2) is 0 Å². The van der Waals surface area contributed by atoms with Gasteiger partial charge in [-0.05, 0) is 24.5 Å². The van der Waals surface area contributed by atoms with E-state index in [4.69, 9.17) is 0 Å². The van der Waals surface area contributed by atoms with Crippen LogP contribution in [0.2, 0.25) is 0 Å². The van der Waals surface area contributed by atoms with Crippen LogP contribution in [0.25, 0.3) is 0 Å². The van der Waals surface area contributed by atoms with Gasteiger partial charge in [-0.3, -0.25) is 9.59 Å². The highest BCUT2D eigenvalue weighted by atomic mass is 16.3. The second-order valence-corrected chi connectivity index (χ2v) is 6.26. The van der Waals surface area contributed by atoms with Gasteiger partial charge in [-0.15, -0.1) is 0 Å². The van der Waals surface area contributed by atoms with E-state index in [1.807, 2.05) is 24.3 Å². The van der Waals surface area contributed by atoms with Crippen molar-refractivity contribution in [2.45, 2.75) is 18.4 Å². The Morgan fingerprint density at radius 3 is 2.61 bits per heavy atom. The lowest BCUT2D eigenvalue weighted by atomic mass is 9.71. The molecular formula is C19H17NO3. The van der Waals surface area contributed by atoms with Gasteiger partial charge in [0.1, 0.15) is 0 Å². The quantitative estimate of drug-likeness (QED) is 0.879. The summed E-state index contributed by atoms with van der Waals surface area (Å²) in [6, 6.07) is 14.6. The smallest absolute Gasteiger partial charge is 0.264 e. The van der Waals surface area contributed by atoms with Crippen LogP contribution in [0.3, 0.4) is 0 Å². The van der Waals surface area contributed by atoms with Crippen LogP contribution in [-0.2, 0) is 16.8 Å². The molecule has 0 saturated carbocycles. The van der Waals surface area contributed by atoms with Crippen molar-refractivity contribution in [1.82, 2.24) is 0 Å². The van der Waals surface area contributed by atoms with Crippen molar-refractivity contribution >= 4 is 17.4 Å². The molecule has 2 aromatic carbocycles. The van der Waals surface area contributed by atoms with Crippen molar-refractivity contribution in [3.8, 4) is 0 Å². The van der Waals surface area contributed by atoms with Crippen LogP contribution < -0.4 is 4.90 Å². The van der Waals surface area contributed by atoms with Crippen molar-refractivity contribution in [3.05, 3.63) is 65.2 Å². The van der Waals surface area contributed by atoms with Crippen LogP contribution in [0.4, 0.5) is 5.69 Å². The zero-order chi connectivity index (χ0) is 16.2. The summed E-state index contributed by atoms with van der Waals surface area (Å²) in [5, 5.41) is 11.3. The van der Waals surface area contributed by atoms with E-state index in [1.165, 1.54) is 4.90 Å². The van der Waals surface area contributed by atoms with E-state index in [0.29, 0.717) is 29.7 Å². The number of hydrogen-bond donors (Lipinski definition) is 1. The van der Waals surface area contributed by atoms with Crippen molar-refractivity contribution < 1.29 is 14.7 Å². The fourth-order valence-electron chi connectivity index (χ4n) is 3.90. The molecule has 0 saturated heterocycles. The first-order valence-electron chi connectivity index (χ1n) is 7.77. The summed E-state index contributed by atoms with van der Waals surface area (Å²) in [5.74, 6) is -1.31. The Kier molecular flexibility index (Phi) is 2.93. The molecule has 1 N–H and O–H groups in total. The maximum Gasteiger partial charge on any atom is 0.264 e. The number of rotatable bonds is 1. The Morgan fingerprint density at radius 2 is 1.78 bits per heavy atom. The molecule has 2 atom stereocenters. The second kappa shape index (κ2) is 4.77. The van der Waals surface area contributed by atoms with Gasteiger partial charge < -0.3 is 10.0 Å². The molecule has 1 amide bonds. The number of nitrogens with zero attached hydrogens (tertiary/aromatic N) is 1. The number of anilines is 1. The molecule has 0 fully saturated rings. The molecular weight excluding hydrogens is 290 g/mol. The number of carbonyl (C=O) groups is 2. The maximum atomic E-state index is 12.9. The normalized spacial score (nSPS) is 26.2. The minimum absolute atomic E-state index is 0.146. The minimum atomic E-state index is -1.77. The fraction of sp³-hybridized carbons (Fsp3) is 0.263. The Morgan fingerprint density at radius 1 is 1.09 bits per heavy atom. The van der Waals surface area contributed by atoms with Crippen LogP contribution >= 0.6 is 0 Å². The molecule has 0 aromatic heterocycles. The molecule has 4 rings (SSSR count). The van der Waals surface area contributed by atoms with Crippen molar-refractivity contribution in [3.63, 3.8) is 0 Å². The van der Waals surface area contributed by atoms with Crippen LogP contribution in [0.15, 0.2) is 48.5 Å². The third-order valence-corrected chi connectivity index (χ3v) is 5.11. The lowest BCUT2D eigenvalue weighted by Gasteiger charge is -2.34. The predicted octanol–water partition coefficient (Wildman–Crippen LogP) is 2.30. The van der Waals surface area contributed by atoms with E-state index in [0.717, 1.165) is 5.56 Å². The van der Waals surface area contributed by atoms with Gasteiger partial charge in [0.2, 0.25) is 0 Å². The summed E-state index contributed by atoms with van der Waals surface area (Å²) in [6.45, 7) is 0. The minimum Gasteiger partial charge on any atom is -0.375 e. The third kappa shape index (κ3) is 1.75. The van der Waals surface area contributed by atoms with E-state index in [2.05, 4.69) is 0 Å². The molecule has 23 heavy (non-hydrogen) atoms. The Labute approximate surface area is 134 Å². The summed E-state index contributed by atoms with van der Waals surface area (Å²) >= 11 is 0. The fourth-order valence-corrected chi connectivity index (χ4v) is 3.90. The first-order valence-corrected chi connectivity index (χ1v) is 7.77. The molecule has 1 aliphatic carbocycles. The molecule has 116 valence electrons. The van der Waals surface area contributed by atoms with Crippen molar-refractivity contribution in [2.24, 2.45) is 5.92 Å². The zero-order valence-corrected chi connectivity index (χ0v) is 12.8. The zero-order valence-electron chi connectivity index (χ0n) is 12.8. The van der Waals surface area contributed by atoms with E-state index >= 15 is 0 Å². The highest BCUT2D eigenvalue weighted by Gasteiger charge is 2.56. The predicted molar refractivity (Wildman–Crippen MR) is 86.3 cm³/mol. The van der Waals surface area contributed by atoms with Gasteiger partial charge in [0.25, 0.3) is 5.91 Å². The molecule has 0 spiro atoms. The van der Waals surface area contributed by atoms with Crippen LogP contribution in [0.1, 0.15) is 27.9 Å². The molecule has 0 unspecified atom stereocenters. The highest BCUT2D eigenvalue weighted by Crippen LogP contribution is 2.47. The summed E-state index contributed by atoms with van der Waals surface area (Å²) in [7, 11) is 1.64. The molecule has 2 aliphatic rings. The van der Waals surface area contributed by atoms with Crippen LogP contribution in [-0.4, -0.2) is 23.8 Å². The number of amides is 1. The number of Topliss-reactive ketones (excluding diaryl/α,β-unsaturated/α-hetero) is 1. The third-order valence-electron chi connectivity index (χ3n) is 5.11. The van der Waals surface area contributed by atoms with Gasteiger partial charge in [0.15, 0.2) is 11.4 Å². The topological polar surface area (TPSA) is 57.6 Å². The van der Waals surface area contributed by atoms with Crippen molar-refractivity contribution in [1.29, 1.82) is 0 Å². The summed E-state index contributed by atoms with van der Waals surface area (Å²) in [5.41, 5.74) is 1.05. The largest absolute Gasteiger partial charge is 0.375 e. The molecule has 4 heteroatoms. The monoisotopic (exact) mass is 307 g/mol. The first-order chi connectivity index (χ1) is 11.0. The number of benzene rings is 2. The standard InChI is InChI=1S/C19H17NO3/c1-20-16-9-5-4-8-14(16)19(23,18(20)22)15-11-10-12-6-2-3-7-13(12)17(15)21/h2-9,15,23H,10-11H2,1H3/t15-,19+/m1/s1. The number of aliphatic hydroxyl groups is 1. The number of carbonyl (C=O) groups excluding carboxylic acids is 2. The number of aryl methyl sites for hydroxylation is 1. The highest BCUT2D eigenvalue weighted by molar-refractivity contribution is 6.12. The van der Waals surface area contributed by atoms with E-state index in [-0.39, 0.29) is 5.78 Å². The van der Waals surface area contributed by atoms with Crippen molar-refractivity contribution in [2.75, 3.05) is 11.9 Å². The van der Waals surface area contributed by atoms with E-state index in [9.17, 15) is 14.7 Å². The lowest BCUT2D eigenvalue weighted by Crippen LogP contribution is -2.49. The molecule has 0 bridgehead atoms. The summed E-state index contributed by atoms with van der Waals surface area (Å²) < 4.78 is 0.